The molecule has 0 bridgehead atoms. The topological polar surface area (TPSA) is 97.6 Å². The van der Waals surface area contributed by atoms with E-state index >= 15 is 0 Å². The van der Waals surface area contributed by atoms with E-state index in [0.29, 0.717) is 11.1 Å². The van der Waals surface area contributed by atoms with E-state index in [1.165, 1.54) is 36.6 Å². The normalized spacial score (nSPS) is 13.4. The lowest BCUT2D eigenvalue weighted by Crippen LogP contribution is -2.13. The van der Waals surface area contributed by atoms with Crippen LogP contribution in [0.15, 0.2) is 40.7 Å². The van der Waals surface area contributed by atoms with Gasteiger partial charge in [-0.05, 0) is 30.2 Å². The zero-order valence-corrected chi connectivity index (χ0v) is 21.6. The van der Waals surface area contributed by atoms with E-state index in [1.807, 2.05) is 6.07 Å². The zero-order valence-electron chi connectivity index (χ0n) is 20.8. The van der Waals surface area contributed by atoms with Gasteiger partial charge >= 0.3 is 0 Å². The molecule has 2 rings (SSSR count). The number of carbonyl (C=O) groups is 1. The van der Waals surface area contributed by atoms with Crippen molar-refractivity contribution in [3.63, 3.8) is 0 Å². The van der Waals surface area contributed by atoms with Crippen molar-refractivity contribution in [1.29, 1.82) is 5.26 Å². The second kappa shape index (κ2) is 12.0. The number of unbranched alkanes of at least 4 members (excludes halogenated alkanes) is 2. The molecule has 0 unspecified atom stereocenters. The first kappa shape index (κ1) is 26.7. The van der Waals surface area contributed by atoms with E-state index in [4.69, 9.17) is 5.73 Å². The van der Waals surface area contributed by atoms with Gasteiger partial charge in [0, 0.05) is 17.8 Å². The zero-order chi connectivity index (χ0) is 24.6. The third kappa shape index (κ3) is 7.46. The monoisotopic (exact) mass is 467 g/mol. The van der Waals surface area contributed by atoms with Crippen LogP contribution in [0.2, 0.25) is 0 Å². The van der Waals surface area contributed by atoms with E-state index in [1.54, 1.807) is 6.92 Å². The van der Waals surface area contributed by atoms with Crippen molar-refractivity contribution in [2.45, 2.75) is 84.3 Å². The number of nitrogens with zero attached hydrogens (tertiary/aromatic N) is 4. The molecule has 7 heteroatoms. The molecule has 1 heterocycles. The number of rotatable bonds is 11. The molecule has 178 valence electrons. The SMILES string of the molecule is CCCCC[C@H](C)Cn1c(SCC(=O)/C(C#N)=C(/C)N)nnc1-c1ccc(C(C)(C)C)cc1. The number of allylic oxidation sites excluding steroid dienone is 2. The van der Waals surface area contributed by atoms with Crippen molar-refractivity contribution in [3.05, 3.63) is 41.1 Å². The van der Waals surface area contributed by atoms with Crippen LogP contribution in [0, 0.1) is 17.2 Å². The molecule has 0 aliphatic rings. The first-order valence-electron chi connectivity index (χ1n) is 11.6. The fourth-order valence-corrected chi connectivity index (χ4v) is 4.43. The summed E-state index contributed by atoms with van der Waals surface area (Å²) in [6.45, 7) is 13.4. The fraction of sp³-hybridized carbons (Fsp3) is 0.538. The Morgan fingerprint density at radius 3 is 2.42 bits per heavy atom. The predicted octanol–water partition coefficient (Wildman–Crippen LogP) is 5.88. The van der Waals surface area contributed by atoms with Crippen molar-refractivity contribution in [2.75, 3.05) is 5.75 Å². The maximum absolute atomic E-state index is 12.5. The number of hydrogen-bond donors (Lipinski definition) is 1. The van der Waals surface area contributed by atoms with Gasteiger partial charge in [0.2, 0.25) is 0 Å². The quantitative estimate of drug-likeness (QED) is 0.192. The number of Topliss-reactive ketones (excluding diaryl/α,β-unsaturated/α-hetero) is 1. The summed E-state index contributed by atoms with van der Waals surface area (Å²) in [7, 11) is 0. The Labute approximate surface area is 202 Å². The smallest absolute Gasteiger partial charge is 0.191 e. The van der Waals surface area contributed by atoms with Gasteiger partial charge in [-0.1, -0.05) is 89.9 Å². The lowest BCUT2D eigenvalue weighted by atomic mass is 9.86. The van der Waals surface area contributed by atoms with Crippen molar-refractivity contribution in [1.82, 2.24) is 14.8 Å². The number of benzene rings is 1. The molecule has 0 radical (unpaired) electrons. The van der Waals surface area contributed by atoms with Gasteiger partial charge in [0.05, 0.1) is 5.75 Å². The summed E-state index contributed by atoms with van der Waals surface area (Å²) in [5.74, 6) is 1.07. The van der Waals surface area contributed by atoms with Gasteiger partial charge < -0.3 is 10.3 Å². The summed E-state index contributed by atoms with van der Waals surface area (Å²) in [6.07, 6.45) is 4.75. The van der Waals surface area contributed by atoms with Crippen molar-refractivity contribution in [3.8, 4) is 17.5 Å². The van der Waals surface area contributed by atoms with Gasteiger partial charge in [0.1, 0.15) is 11.6 Å². The Morgan fingerprint density at radius 1 is 1.21 bits per heavy atom. The molecule has 2 aromatic rings. The van der Waals surface area contributed by atoms with Gasteiger partial charge in [-0.15, -0.1) is 10.2 Å². The number of thioether (sulfide) groups is 1. The van der Waals surface area contributed by atoms with Crippen LogP contribution in [0.25, 0.3) is 11.4 Å². The first-order valence-corrected chi connectivity index (χ1v) is 12.6. The summed E-state index contributed by atoms with van der Waals surface area (Å²) >= 11 is 1.31. The van der Waals surface area contributed by atoms with Gasteiger partial charge in [-0.3, -0.25) is 4.79 Å². The second-order valence-electron chi connectivity index (χ2n) is 9.73. The molecule has 1 aromatic heterocycles. The predicted molar refractivity (Wildman–Crippen MR) is 136 cm³/mol. The molecule has 6 nitrogen and oxygen atoms in total. The molecule has 0 spiro atoms. The molecule has 0 amide bonds. The Hall–Kier alpha value is -2.59. The molecule has 1 aromatic carbocycles. The molecule has 0 aliphatic heterocycles. The van der Waals surface area contributed by atoms with Crippen molar-refractivity contribution >= 4 is 17.5 Å². The van der Waals surface area contributed by atoms with Crippen LogP contribution < -0.4 is 5.73 Å². The highest BCUT2D eigenvalue weighted by atomic mass is 32.2. The molecular formula is C26H37N5OS. The molecule has 1 atom stereocenters. The highest BCUT2D eigenvalue weighted by molar-refractivity contribution is 7.99. The van der Waals surface area contributed by atoms with E-state index in [-0.39, 0.29) is 28.2 Å². The summed E-state index contributed by atoms with van der Waals surface area (Å²) in [6, 6.07) is 10.4. The fourth-order valence-electron chi connectivity index (χ4n) is 3.61. The number of carbonyl (C=O) groups excluding carboxylic acids is 1. The third-order valence-corrected chi connectivity index (χ3v) is 6.60. The van der Waals surface area contributed by atoms with Crippen LogP contribution in [0.3, 0.4) is 0 Å². The summed E-state index contributed by atoms with van der Waals surface area (Å²) < 4.78 is 2.12. The molecule has 0 fully saturated rings. The van der Waals surface area contributed by atoms with Crippen molar-refractivity contribution in [2.24, 2.45) is 11.7 Å². The van der Waals surface area contributed by atoms with Crippen LogP contribution in [0.1, 0.15) is 72.8 Å². The molecule has 2 N–H and O–H groups in total. The van der Waals surface area contributed by atoms with E-state index in [2.05, 4.69) is 73.6 Å². The number of nitriles is 1. The van der Waals surface area contributed by atoms with Gasteiger partial charge in [-0.25, -0.2) is 0 Å². The lowest BCUT2D eigenvalue weighted by molar-refractivity contribution is -0.112. The number of ketones is 1. The average Bonchev–Trinajstić information content (AvgIpc) is 3.14. The Morgan fingerprint density at radius 2 is 1.88 bits per heavy atom. The Kier molecular flexibility index (Phi) is 9.72. The van der Waals surface area contributed by atoms with Crippen LogP contribution in [-0.4, -0.2) is 26.3 Å². The van der Waals surface area contributed by atoms with E-state index < -0.39 is 0 Å². The van der Waals surface area contributed by atoms with E-state index in [0.717, 1.165) is 24.4 Å². The standard InChI is InChI=1S/C26H37N5OS/c1-7-8-9-10-18(2)16-31-24(20-11-13-21(14-12-20)26(4,5)6)29-30-25(31)33-17-23(32)22(15-27)19(3)28/h11-14,18H,7-10,16-17,28H2,1-6H3/b22-19-/t18-/m0/s1. The average molecular weight is 468 g/mol. The molecule has 0 saturated carbocycles. The molecule has 0 aliphatic carbocycles. The molecule has 33 heavy (non-hydrogen) atoms. The second-order valence-corrected chi connectivity index (χ2v) is 10.7. The summed E-state index contributed by atoms with van der Waals surface area (Å²) in [4.78, 5) is 12.5. The number of hydrogen-bond acceptors (Lipinski definition) is 6. The van der Waals surface area contributed by atoms with Crippen LogP contribution in [0.4, 0.5) is 0 Å². The van der Waals surface area contributed by atoms with Gasteiger partial charge in [0.25, 0.3) is 0 Å². The Bertz CT molecular complexity index is 1000. The number of nitrogens with two attached hydrogens (primary N) is 1. The third-order valence-electron chi connectivity index (χ3n) is 5.64. The maximum Gasteiger partial charge on any atom is 0.191 e. The van der Waals surface area contributed by atoms with Crippen LogP contribution in [-0.2, 0) is 16.8 Å². The van der Waals surface area contributed by atoms with Gasteiger partial charge in [0.15, 0.2) is 16.8 Å². The van der Waals surface area contributed by atoms with E-state index in [9.17, 15) is 10.1 Å². The first-order chi connectivity index (χ1) is 15.6. The largest absolute Gasteiger partial charge is 0.401 e. The minimum absolute atomic E-state index is 0.0134. The lowest BCUT2D eigenvalue weighted by Gasteiger charge is -2.19. The maximum atomic E-state index is 12.5. The highest BCUT2D eigenvalue weighted by Gasteiger charge is 2.20. The Balaban J connectivity index is 2.32. The van der Waals surface area contributed by atoms with Crippen LogP contribution in [0.5, 0.6) is 0 Å². The van der Waals surface area contributed by atoms with Crippen LogP contribution >= 0.6 is 11.8 Å². The van der Waals surface area contributed by atoms with Gasteiger partial charge in [-0.2, -0.15) is 5.26 Å². The highest BCUT2D eigenvalue weighted by Crippen LogP contribution is 2.29. The minimum Gasteiger partial charge on any atom is -0.401 e. The van der Waals surface area contributed by atoms with Crippen molar-refractivity contribution < 1.29 is 4.79 Å². The summed E-state index contributed by atoms with van der Waals surface area (Å²) in [5, 5.41) is 18.8. The summed E-state index contributed by atoms with van der Waals surface area (Å²) in [5.41, 5.74) is 8.29. The minimum atomic E-state index is -0.288. The molecule has 0 saturated heterocycles. The molecular weight excluding hydrogens is 430 g/mol. The number of aromatic nitrogens is 3.